The molecule has 0 saturated carbocycles. The Morgan fingerprint density at radius 3 is 2.62 bits per heavy atom. The van der Waals surface area contributed by atoms with Gasteiger partial charge in [-0.15, -0.1) is 0 Å². The van der Waals surface area contributed by atoms with Gasteiger partial charge in [-0.2, -0.15) is 5.26 Å². The fourth-order valence-electron chi connectivity index (χ4n) is 3.25. The number of ether oxygens (including phenoxy) is 1. The highest BCUT2D eigenvalue weighted by atomic mass is 16.5. The van der Waals surface area contributed by atoms with Crippen molar-refractivity contribution in [2.24, 2.45) is 0 Å². The van der Waals surface area contributed by atoms with Crippen LogP contribution in [0.3, 0.4) is 0 Å². The molecule has 0 aliphatic carbocycles. The molecule has 1 aliphatic rings. The maximum Gasteiger partial charge on any atom is 0.234 e. The van der Waals surface area contributed by atoms with E-state index in [0.29, 0.717) is 31.8 Å². The van der Waals surface area contributed by atoms with Crippen LogP contribution in [0.15, 0.2) is 24.3 Å². The molecule has 1 heterocycles. The quantitative estimate of drug-likeness (QED) is 0.726. The summed E-state index contributed by atoms with van der Waals surface area (Å²) in [6.07, 6.45) is 2.04. The van der Waals surface area contributed by atoms with Crippen LogP contribution in [-0.4, -0.2) is 68.2 Å². The van der Waals surface area contributed by atoms with Gasteiger partial charge in [0.05, 0.1) is 24.8 Å². The van der Waals surface area contributed by atoms with Crippen molar-refractivity contribution in [2.45, 2.75) is 32.4 Å². The number of hydrogen-bond donors (Lipinski definition) is 1. The lowest BCUT2D eigenvalue weighted by Crippen LogP contribution is -2.47. The topological polar surface area (TPSA) is 68.6 Å². The molecule has 1 amide bonds. The van der Waals surface area contributed by atoms with Gasteiger partial charge in [0.2, 0.25) is 5.91 Å². The van der Waals surface area contributed by atoms with Crippen LogP contribution in [-0.2, 0) is 16.1 Å². The third-order valence-electron chi connectivity index (χ3n) is 4.87. The third-order valence-corrected chi connectivity index (χ3v) is 4.87. The number of carbonyl (C=O) groups is 1. The SMILES string of the molecule is CCN1CCC(NC(=O)CN(CCOC)Cc2ccc(C#N)cc2)CC1. The maximum absolute atomic E-state index is 12.5. The monoisotopic (exact) mass is 358 g/mol. The minimum atomic E-state index is 0.0738. The molecule has 26 heavy (non-hydrogen) atoms. The fourth-order valence-corrected chi connectivity index (χ4v) is 3.25. The second kappa shape index (κ2) is 10.9. The van der Waals surface area contributed by atoms with Gasteiger partial charge >= 0.3 is 0 Å². The lowest BCUT2D eigenvalue weighted by atomic mass is 10.1. The molecule has 0 atom stereocenters. The number of nitriles is 1. The van der Waals surface area contributed by atoms with Gasteiger partial charge in [0.25, 0.3) is 0 Å². The average molecular weight is 358 g/mol. The van der Waals surface area contributed by atoms with Crippen molar-refractivity contribution in [1.29, 1.82) is 5.26 Å². The van der Waals surface area contributed by atoms with Gasteiger partial charge in [0.1, 0.15) is 0 Å². The summed E-state index contributed by atoms with van der Waals surface area (Å²) in [5.74, 6) is 0.0738. The van der Waals surface area contributed by atoms with E-state index in [4.69, 9.17) is 10.00 Å². The van der Waals surface area contributed by atoms with Crippen LogP contribution < -0.4 is 5.32 Å². The standard InChI is InChI=1S/C20H30N4O2/c1-3-23-10-8-19(9-11-23)22-20(25)16-24(12-13-26-2)15-18-6-4-17(14-21)5-7-18/h4-7,19H,3,8-13,15-16H2,1-2H3,(H,22,25). The number of hydrogen-bond acceptors (Lipinski definition) is 5. The maximum atomic E-state index is 12.5. The first kappa shape index (κ1) is 20.4. The molecular formula is C20H30N4O2. The number of carbonyl (C=O) groups excluding carboxylic acids is 1. The summed E-state index contributed by atoms with van der Waals surface area (Å²) in [5, 5.41) is 12.1. The van der Waals surface area contributed by atoms with E-state index in [0.717, 1.165) is 38.0 Å². The predicted octanol–water partition coefficient (Wildman–Crippen LogP) is 1.61. The molecule has 6 nitrogen and oxygen atoms in total. The first-order valence-electron chi connectivity index (χ1n) is 9.36. The van der Waals surface area contributed by atoms with Crippen molar-refractivity contribution in [3.8, 4) is 6.07 Å². The van der Waals surface area contributed by atoms with Crippen molar-refractivity contribution in [3.63, 3.8) is 0 Å². The third kappa shape index (κ3) is 6.75. The molecular weight excluding hydrogens is 328 g/mol. The second-order valence-corrected chi connectivity index (χ2v) is 6.79. The van der Waals surface area contributed by atoms with E-state index < -0.39 is 0 Å². The molecule has 1 aliphatic heterocycles. The van der Waals surface area contributed by atoms with Crippen molar-refractivity contribution < 1.29 is 9.53 Å². The largest absolute Gasteiger partial charge is 0.383 e. The fraction of sp³-hybridized carbons (Fsp3) is 0.600. The van der Waals surface area contributed by atoms with Crippen molar-refractivity contribution in [3.05, 3.63) is 35.4 Å². The summed E-state index contributed by atoms with van der Waals surface area (Å²) >= 11 is 0. The van der Waals surface area contributed by atoms with Crippen LogP contribution in [0.25, 0.3) is 0 Å². The lowest BCUT2D eigenvalue weighted by molar-refractivity contribution is -0.123. The highest BCUT2D eigenvalue weighted by Gasteiger charge is 2.20. The van der Waals surface area contributed by atoms with Crippen LogP contribution in [0.4, 0.5) is 0 Å². The molecule has 1 fully saturated rings. The second-order valence-electron chi connectivity index (χ2n) is 6.79. The summed E-state index contributed by atoms with van der Waals surface area (Å²) in [7, 11) is 1.67. The van der Waals surface area contributed by atoms with Crippen molar-refractivity contribution >= 4 is 5.91 Å². The molecule has 0 radical (unpaired) electrons. The zero-order valence-electron chi connectivity index (χ0n) is 15.9. The number of piperidine rings is 1. The number of nitrogens with zero attached hydrogens (tertiary/aromatic N) is 3. The molecule has 6 heteroatoms. The first-order chi connectivity index (χ1) is 12.6. The summed E-state index contributed by atoms with van der Waals surface area (Å²) < 4.78 is 5.18. The summed E-state index contributed by atoms with van der Waals surface area (Å²) in [6, 6.07) is 9.91. The van der Waals surface area contributed by atoms with E-state index in [9.17, 15) is 4.79 Å². The zero-order chi connectivity index (χ0) is 18.8. The first-order valence-corrected chi connectivity index (χ1v) is 9.36. The Morgan fingerprint density at radius 1 is 1.35 bits per heavy atom. The van der Waals surface area contributed by atoms with E-state index in [-0.39, 0.29) is 11.9 Å². The summed E-state index contributed by atoms with van der Waals surface area (Å²) in [6.45, 7) is 7.66. The number of amides is 1. The molecule has 0 spiro atoms. The van der Waals surface area contributed by atoms with Gasteiger partial charge in [0.15, 0.2) is 0 Å². The van der Waals surface area contributed by atoms with E-state index in [1.807, 2.05) is 24.3 Å². The van der Waals surface area contributed by atoms with Gasteiger partial charge in [0, 0.05) is 39.3 Å². The molecule has 0 unspecified atom stereocenters. The van der Waals surface area contributed by atoms with Crippen molar-refractivity contribution in [1.82, 2.24) is 15.1 Å². The Bertz CT molecular complexity index is 589. The Kier molecular flexibility index (Phi) is 8.56. The molecule has 1 saturated heterocycles. The van der Waals surface area contributed by atoms with Crippen molar-refractivity contribution in [2.75, 3.05) is 46.4 Å². The average Bonchev–Trinajstić information content (AvgIpc) is 2.67. The van der Waals surface area contributed by atoms with E-state index in [1.165, 1.54) is 0 Å². The van der Waals surface area contributed by atoms with Gasteiger partial charge < -0.3 is 15.0 Å². The number of benzene rings is 1. The van der Waals surface area contributed by atoms with Gasteiger partial charge in [-0.25, -0.2) is 0 Å². The minimum absolute atomic E-state index is 0.0738. The molecule has 1 aromatic rings. The predicted molar refractivity (Wildman–Crippen MR) is 102 cm³/mol. The van der Waals surface area contributed by atoms with Crippen LogP contribution in [0.1, 0.15) is 30.9 Å². The zero-order valence-corrected chi connectivity index (χ0v) is 15.9. The van der Waals surface area contributed by atoms with Gasteiger partial charge in [-0.05, 0) is 37.1 Å². The van der Waals surface area contributed by atoms with Crippen LogP contribution in [0.2, 0.25) is 0 Å². The number of nitrogens with one attached hydrogen (secondary N) is 1. The molecule has 2 rings (SSSR count). The Morgan fingerprint density at radius 2 is 2.04 bits per heavy atom. The smallest absolute Gasteiger partial charge is 0.234 e. The van der Waals surface area contributed by atoms with Crippen LogP contribution in [0.5, 0.6) is 0 Å². The van der Waals surface area contributed by atoms with Gasteiger partial charge in [-0.3, -0.25) is 9.69 Å². The van der Waals surface area contributed by atoms with Gasteiger partial charge in [-0.1, -0.05) is 19.1 Å². The number of rotatable bonds is 9. The Balaban J connectivity index is 1.85. The Labute approximate surface area is 156 Å². The molecule has 142 valence electrons. The summed E-state index contributed by atoms with van der Waals surface area (Å²) in [4.78, 5) is 17.0. The van der Waals surface area contributed by atoms with Crippen LogP contribution >= 0.6 is 0 Å². The highest BCUT2D eigenvalue weighted by Crippen LogP contribution is 2.10. The van der Waals surface area contributed by atoms with Crippen LogP contribution in [0, 0.1) is 11.3 Å². The number of likely N-dealkylation sites (tertiary alicyclic amines) is 1. The van der Waals surface area contributed by atoms with E-state index in [1.54, 1.807) is 7.11 Å². The van der Waals surface area contributed by atoms with E-state index >= 15 is 0 Å². The molecule has 0 bridgehead atoms. The normalized spacial score (nSPS) is 15.8. The molecule has 0 aromatic heterocycles. The molecule has 1 N–H and O–H groups in total. The molecule has 1 aromatic carbocycles. The lowest BCUT2D eigenvalue weighted by Gasteiger charge is -2.32. The Hall–Kier alpha value is -1.94. The minimum Gasteiger partial charge on any atom is -0.383 e. The van der Waals surface area contributed by atoms with E-state index in [2.05, 4.69) is 28.1 Å². The summed E-state index contributed by atoms with van der Waals surface area (Å²) in [5.41, 5.74) is 1.73. The highest BCUT2D eigenvalue weighted by molar-refractivity contribution is 5.78. The number of methoxy groups -OCH3 is 1.